The molecule has 0 saturated carbocycles. The highest BCUT2D eigenvalue weighted by Gasteiger charge is 2.12. The van der Waals surface area contributed by atoms with Crippen molar-refractivity contribution in [2.75, 3.05) is 17.2 Å². The van der Waals surface area contributed by atoms with Gasteiger partial charge in [0.1, 0.15) is 11.3 Å². The number of hydrogen-bond acceptors (Lipinski definition) is 4. The molecule has 4 aromatic rings. The Kier molecular flexibility index (Phi) is 6.51. The van der Waals surface area contributed by atoms with Crippen LogP contribution in [0.25, 0.3) is 11.0 Å². The van der Waals surface area contributed by atoms with Crippen molar-refractivity contribution < 1.29 is 18.7 Å². The molecule has 0 unspecified atom stereocenters. The van der Waals surface area contributed by atoms with E-state index in [1.54, 1.807) is 18.2 Å². The van der Waals surface area contributed by atoms with E-state index in [1.165, 1.54) is 0 Å². The van der Waals surface area contributed by atoms with Gasteiger partial charge >= 0.3 is 0 Å². The standard InChI is InChI=1S/C26H24N2O4/c1-2-14-31-22-8-5-7-21(17-22)27-25(29)15-18-10-12-20(13-11-18)28-26(30)24-16-19-6-3-4-9-23(19)32-24/h3-13,16-17H,2,14-15H2,1H3,(H,27,29)(H,28,30). The van der Waals surface area contributed by atoms with Gasteiger partial charge in [-0.1, -0.05) is 43.3 Å². The predicted octanol–water partition coefficient (Wildman–Crippen LogP) is 5.66. The Bertz CT molecular complexity index is 1200. The summed E-state index contributed by atoms with van der Waals surface area (Å²) in [6, 6.07) is 23.7. The molecule has 6 heteroatoms. The highest BCUT2D eigenvalue weighted by molar-refractivity contribution is 6.04. The van der Waals surface area contributed by atoms with Crippen LogP contribution in [0.5, 0.6) is 5.75 Å². The van der Waals surface area contributed by atoms with Crippen LogP contribution in [-0.4, -0.2) is 18.4 Å². The molecule has 162 valence electrons. The summed E-state index contributed by atoms with van der Waals surface area (Å²) in [7, 11) is 0. The summed E-state index contributed by atoms with van der Waals surface area (Å²) < 4.78 is 11.2. The smallest absolute Gasteiger partial charge is 0.291 e. The second kappa shape index (κ2) is 9.83. The maximum Gasteiger partial charge on any atom is 0.291 e. The van der Waals surface area contributed by atoms with Crippen LogP contribution < -0.4 is 15.4 Å². The number of para-hydroxylation sites is 1. The van der Waals surface area contributed by atoms with Crippen molar-refractivity contribution in [3.8, 4) is 5.75 Å². The quantitative estimate of drug-likeness (QED) is 0.380. The average Bonchev–Trinajstić information content (AvgIpc) is 3.24. The van der Waals surface area contributed by atoms with E-state index >= 15 is 0 Å². The molecule has 0 radical (unpaired) electrons. The number of furan rings is 1. The number of carbonyl (C=O) groups excluding carboxylic acids is 2. The third-order valence-electron chi connectivity index (χ3n) is 4.82. The Morgan fingerprint density at radius 3 is 2.47 bits per heavy atom. The van der Waals surface area contributed by atoms with Crippen molar-refractivity contribution in [3.05, 3.63) is 90.2 Å². The van der Waals surface area contributed by atoms with E-state index < -0.39 is 0 Å². The highest BCUT2D eigenvalue weighted by Crippen LogP contribution is 2.21. The Hall–Kier alpha value is -4.06. The van der Waals surface area contributed by atoms with E-state index in [0.717, 1.165) is 23.1 Å². The molecule has 4 rings (SSSR count). The lowest BCUT2D eigenvalue weighted by atomic mass is 10.1. The molecular weight excluding hydrogens is 404 g/mol. The third-order valence-corrected chi connectivity index (χ3v) is 4.82. The number of fused-ring (bicyclic) bond motifs is 1. The molecule has 6 nitrogen and oxygen atoms in total. The molecule has 0 atom stereocenters. The van der Waals surface area contributed by atoms with E-state index in [4.69, 9.17) is 9.15 Å². The number of nitrogens with one attached hydrogen (secondary N) is 2. The number of hydrogen-bond donors (Lipinski definition) is 2. The highest BCUT2D eigenvalue weighted by atomic mass is 16.5. The van der Waals surface area contributed by atoms with Gasteiger partial charge in [-0.3, -0.25) is 9.59 Å². The van der Waals surface area contributed by atoms with Crippen LogP contribution in [0.4, 0.5) is 11.4 Å². The summed E-state index contributed by atoms with van der Waals surface area (Å²) in [5.41, 5.74) is 2.82. The fourth-order valence-electron chi connectivity index (χ4n) is 3.27. The van der Waals surface area contributed by atoms with Gasteiger partial charge in [0, 0.05) is 22.8 Å². The van der Waals surface area contributed by atoms with Crippen molar-refractivity contribution in [3.63, 3.8) is 0 Å². The first kappa shape index (κ1) is 21.2. The Labute approximate surface area is 186 Å². The maximum absolute atomic E-state index is 12.5. The normalized spacial score (nSPS) is 10.7. The Balaban J connectivity index is 1.33. The van der Waals surface area contributed by atoms with Gasteiger partial charge < -0.3 is 19.8 Å². The van der Waals surface area contributed by atoms with E-state index in [1.807, 2.05) is 67.6 Å². The van der Waals surface area contributed by atoms with Crippen LogP contribution in [0, 0.1) is 0 Å². The van der Waals surface area contributed by atoms with Gasteiger partial charge in [0.05, 0.1) is 13.0 Å². The molecule has 1 heterocycles. The molecule has 0 saturated heterocycles. The van der Waals surface area contributed by atoms with Gasteiger partial charge in [0.25, 0.3) is 5.91 Å². The first-order chi connectivity index (χ1) is 15.6. The zero-order valence-electron chi connectivity index (χ0n) is 17.8. The molecule has 32 heavy (non-hydrogen) atoms. The number of ether oxygens (including phenoxy) is 1. The van der Waals surface area contributed by atoms with Gasteiger partial charge in [-0.15, -0.1) is 0 Å². The molecule has 2 N–H and O–H groups in total. The fourth-order valence-corrected chi connectivity index (χ4v) is 3.27. The molecule has 2 amide bonds. The number of benzene rings is 3. The van der Waals surface area contributed by atoms with Crippen LogP contribution in [-0.2, 0) is 11.2 Å². The lowest BCUT2D eigenvalue weighted by Gasteiger charge is -2.09. The topological polar surface area (TPSA) is 80.6 Å². The monoisotopic (exact) mass is 428 g/mol. The zero-order chi connectivity index (χ0) is 22.3. The van der Waals surface area contributed by atoms with E-state index in [-0.39, 0.29) is 24.0 Å². The van der Waals surface area contributed by atoms with Crippen LogP contribution in [0.3, 0.4) is 0 Å². The largest absolute Gasteiger partial charge is 0.494 e. The molecule has 1 aromatic heterocycles. The van der Waals surface area contributed by atoms with Gasteiger partial charge in [0.15, 0.2) is 5.76 Å². The summed E-state index contributed by atoms with van der Waals surface area (Å²) in [6.07, 6.45) is 1.14. The van der Waals surface area contributed by atoms with Crippen LogP contribution in [0.15, 0.2) is 83.3 Å². The van der Waals surface area contributed by atoms with Gasteiger partial charge in [-0.2, -0.15) is 0 Å². The SMILES string of the molecule is CCCOc1cccc(NC(=O)Cc2ccc(NC(=O)c3cc4ccccc4o3)cc2)c1. The first-order valence-corrected chi connectivity index (χ1v) is 10.5. The van der Waals surface area contributed by atoms with Crippen LogP contribution >= 0.6 is 0 Å². The first-order valence-electron chi connectivity index (χ1n) is 10.5. The summed E-state index contributed by atoms with van der Waals surface area (Å²) >= 11 is 0. The molecule has 0 aliphatic heterocycles. The lowest BCUT2D eigenvalue weighted by Crippen LogP contribution is -2.14. The van der Waals surface area contributed by atoms with Gasteiger partial charge in [-0.05, 0) is 48.4 Å². The van der Waals surface area contributed by atoms with Crippen molar-refractivity contribution in [2.24, 2.45) is 0 Å². The van der Waals surface area contributed by atoms with Crippen molar-refractivity contribution in [1.82, 2.24) is 0 Å². The summed E-state index contributed by atoms with van der Waals surface area (Å²) in [4.78, 5) is 24.9. The van der Waals surface area contributed by atoms with Gasteiger partial charge in [-0.25, -0.2) is 0 Å². The number of amides is 2. The summed E-state index contributed by atoms with van der Waals surface area (Å²) in [5, 5.41) is 6.58. The summed E-state index contributed by atoms with van der Waals surface area (Å²) in [5.74, 6) is 0.530. The van der Waals surface area contributed by atoms with E-state index in [0.29, 0.717) is 23.6 Å². The van der Waals surface area contributed by atoms with Crippen molar-refractivity contribution in [2.45, 2.75) is 19.8 Å². The molecule has 0 fully saturated rings. The second-order valence-corrected chi connectivity index (χ2v) is 7.40. The van der Waals surface area contributed by atoms with Crippen molar-refractivity contribution in [1.29, 1.82) is 0 Å². The van der Waals surface area contributed by atoms with Crippen LogP contribution in [0.2, 0.25) is 0 Å². The van der Waals surface area contributed by atoms with E-state index in [9.17, 15) is 9.59 Å². The Morgan fingerprint density at radius 2 is 1.69 bits per heavy atom. The summed E-state index contributed by atoms with van der Waals surface area (Å²) in [6.45, 7) is 2.68. The number of carbonyl (C=O) groups is 2. The third kappa shape index (κ3) is 5.35. The zero-order valence-corrected chi connectivity index (χ0v) is 17.8. The number of rotatable bonds is 8. The molecular formula is C26H24N2O4. The number of anilines is 2. The fraction of sp³-hybridized carbons (Fsp3) is 0.154. The molecule has 0 aliphatic rings. The molecule has 0 aliphatic carbocycles. The second-order valence-electron chi connectivity index (χ2n) is 7.40. The average molecular weight is 428 g/mol. The van der Waals surface area contributed by atoms with E-state index in [2.05, 4.69) is 10.6 Å². The minimum Gasteiger partial charge on any atom is -0.494 e. The van der Waals surface area contributed by atoms with Gasteiger partial charge in [0.2, 0.25) is 5.91 Å². The minimum absolute atomic E-state index is 0.128. The van der Waals surface area contributed by atoms with Crippen molar-refractivity contribution >= 4 is 34.2 Å². The predicted molar refractivity (Wildman–Crippen MR) is 125 cm³/mol. The van der Waals surface area contributed by atoms with Crippen LogP contribution in [0.1, 0.15) is 29.5 Å². The minimum atomic E-state index is -0.322. The Morgan fingerprint density at radius 1 is 0.875 bits per heavy atom. The molecule has 0 bridgehead atoms. The molecule has 0 spiro atoms. The molecule has 3 aromatic carbocycles. The maximum atomic E-state index is 12.5. The lowest BCUT2D eigenvalue weighted by molar-refractivity contribution is -0.115.